The van der Waals surface area contributed by atoms with Crippen molar-refractivity contribution in [3.05, 3.63) is 0 Å². The molecule has 0 bridgehead atoms. The molecular weight excluding hydrogens is 234 g/mol. The van der Waals surface area contributed by atoms with Crippen molar-refractivity contribution >= 4 is 20.2 Å². The van der Waals surface area contributed by atoms with E-state index >= 15 is 0 Å². The van der Waals surface area contributed by atoms with Crippen LogP contribution in [0.2, 0.25) is 8.73 Å². The number of rotatable bonds is 6. The summed E-state index contributed by atoms with van der Waals surface area (Å²) in [5.41, 5.74) is 0. The van der Waals surface area contributed by atoms with Gasteiger partial charge in [0.25, 0.3) is 0 Å². The first-order valence-corrected chi connectivity index (χ1v) is 8.88. The van der Waals surface area contributed by atoms with Gasteiger partial charge >= 0.3 is 71.5 Å². The molecule has 10 heavy (non-hydrogen) atoms. The molecule has 1 radical (unpaired) electrons. The van der Waals surface area contributed by atoms with Crippen molar-refractivity contribution in [2.45, 2.75) is 48.3 Å². The zero-order valence-electron chi connectivity index (χ0n) is 7.10. The van der Waals surface area contributed by atoms with Crippen LogP contribution >= 0.6 is 0 Å². The first-order valence-electron chi connectivity index (χ1n) is 4.23. The van der Waals surface area contributed by atoms with Gasteiger partial charge in [0.05, 0.1) is 0 Å². The third-order valence-electron chi connectivity index (χ3n) is 1.52. The third kappa shape index (κ3) is 6.73. The quantitative estimate of drug-likeness (QED) is 0.664. The van der Waals surface area contributed by atoms with E-state index in [1.54, 1.807) is 0 Å². The van der Waals surface area contributed by atoms with E-state index in [-0.39, 0.29) is 0 Å². The SMILES string of the molecule is CCC[CH2][Sb](=[O])[CH2]CCC. The van der Waals surface area contributed by atoms with Crippen LogP contribution < -0.4 is 0 Å². The van der Waals surface area contributed by atoms with Crippen LogP contribution in [-0.2, 0) is 3.02 Å². The molecule has 0 rings (SSSR count). The van der Waals surface area contributed by atoms with Gasteiger partial charge in [0, 0.05) is 0 Å². The molecule has 0 aromatic rings. The Bertz CT molecular complexity index is 81.3. The maximum atomic E-state index is 11.2. The van der Waals surface area contributed by atoms with Gasteiger partial charge in [0.2, 0.25) is 0 Å². The summed E-state index contributed by atoms with van der Waals surface area (Å²) in [7, 11) is 0. The Hall–Kier alpha value is 0.618. The molecule has 0 spiro atoms. The molecule has 0 N–H and O–H groups in total. The Morgan fingerprint density at radius 1 is 1.00 bits per heavy atom. The molecule has 2 heteroatoms. The van der Waals surface area contributed by atoms with Gasteiger partial charge in [-0.05, 0) is 0 Å². The van der Waals surface area contributed by atoms with Crippen LogP contribution in [0.3, 0.4) is 0 Å². The Balaban J connectivity index is 3.09. The molecule has 0 aliphatic carbocycles. The van der Waals surface area contributed by atoms with Crippen molar-refractivity contribution in [2.24, 2.45) is 0 Å². The molecule has 0 saturated heterocycles. The van der Waals surface area contributed by atoms with Gasteiger partial charge in [-0.25, -0.2) is 0 Å². The second-order valence-corrected chi connectivity index (χ2v) is 7.94. The molecular formula is C8H18OSb. The average molecular weight is 252 g/mol. The van der Waals surface area contributed by atoms with Crippen LogP contribution in [0.25, 0.3) is 0 Å². The molecule has 61 valence electrons. The van der Waals surface area contributed by atoms with Crippen LogP contribution in [0.5, 0.6) is 0 Å². The summed E-state index contributed by atoms with van der Waals surface area (Å²) in [6.45, 7) is 4.32. The number of hydrogen-bond acceptors (Lipinski definition) is 1. The predicted molar refractivity (Wildman–Crippen MR) is 45.9 cm³/mol. The van der Waals surface area contributed by atoms with E-state index in [9.17, 15) is 3.02 Å². The Morgan fingerprint density at radius 2 is 1.40 bits per heavy atom. The summed E-state index contributed by atoms with van der Waals surface area (Å²) in [4.78, 5) is 0. The van der Waals surface area contributed by atoms with Crippen molar-refractivity contribution in [1.29, 1.82) is 0 Å². The van der Waals surface area contributed by atoms with E-state index < -0.39 is 20.2 Å². The van der Waals surface area contributed by atoms with Crippen LogP contribution in [0.4, 0.5) is 0 Å². The fourth-order valence-electron chi connectivity index (χ4n) is 0.781. The summed E-state index contributed by atoms with van der Waals surface area (Å²) in [5, 5.41) is 0. The molecule has 1 nitrogen and oxygen atoms in total. The monoisotopic (exact) mass is 251 g/mol. The van der Waals surface area contributed by atoms with E-state index in [1.165, 1.54) is 25.7 Å². The Kier molecular flexibility index (Phi) is 8.20. The van der Waals surface area contributed by atoms with E-state index in [4.69, 9.17) is 0 Å². The molecule has 0 unspecified atom stereocenters. The standard InChI is InChI=1S/2C4H9.O.Sb/c2*1-3-4-2;;/h2*1,3-4H2,2H3;;. The van der Waals surface area contributed by atoms with Gasteiger partial charge < -0.3 is 0 Å². The predicted octanol–water partition coefficient (Wildman–Crippen LogP) is 3.01. The van der Waals surface area contributed by atoms with Gasteiger partial charge in [-0.2, -0.15) is 0 Å². The van der Waals surface area contributed by atoms with E-state index in [0.717, 1.165) is 8.73 Å². The third-order valence-corrected chi connectivity index (χ3v) is 6.17. The molecule has 0 aromatic heterocycles. The van der Waals surface area contributed by atoms with Gasteiger partial charge in [-0.1, -0.05) is 0 Å². The van der Waals surface area contributed by atoms with Crippen molar-refractivity contribution in [3.63, 3.8) is 0 Å². The second kappa shape index (κ2) is 7.72. The molecule has 0 amide bonds. The fourth-order valence-corrected chi connectivity index (χ4v) is 5.24. The number of hydrogen-bond donors (Lipinski definition) is 0. The molecule has 0 aliphatic heterocycles. The topological polar surface area (TPSA) is 17.1 Å². The normalized spacial score (nSPS) is 9.80. The summed E-state index contributed by atoms with van der Waals surface area (Å²) >= 11 is -1.87. The summed E-state index contributed by atoms with van der Waals surface area (Å²) in [6.07, 6.45) is 4.79. The summed E-state index contributed by atoms with van der Waals surface area (Å²) in [5.74, 6) is 0. The van der Waals surface area contributed by atoms with Crippen molar-refractivity contribution < 1.29 is 3.02 Å². The van der Waals surface area contributed by atoms with Crippen molar-refractivity contribution in [1.82, 2.24) is 0 Å². The molecule has 0 fully saturated rings. The van der Waals surface area contributed by atoms with Crippen molar-refractivity contribution in [3.8, 4) is 0 Å². The molecule has 0 aromatic carbocycles. The minimum atomic E-state index is -1.87. The minimum absolute atomic E-state index is 1.07. The van der Waals surface area contributed by atoms with E-state index in [1.807, 2.05) is 0 Å². The van der Waals surface area contributed by atoms with Crippen LogP contribution in [-0.4, -0.2) is 20.2 Å². The average Bonchev–Trinajstić information content (AvgIpc) is 1.97. The van der Waals surface area contributed by atoms with Crippen LogP contribution in [0, 0.1) is 0 Å². The molecule has 0 heterocycles. The van der Waals surface area contributed by atoms with Crippen molar-refractivity contribution in [2.75, 3.05) is 0 Å². The molecule has 0 atom stereocenters. The maximum absolute atomic E-state index is 11.2. The Morgan fingerprint density at radius 3 is 1.70 bits per heavy atom. The van der Waals surface area contributed by atoms with E-state index in [0.29, 0.717) is 0 Å². The molecule has 0 saturated carbocycles. The van der Waals surface area contributed by atoms with E-state index in [2.05, 4.69) is 13.8 Å². The van der Waals surface area contributed by atoms with Crippen LogP contribution in [0.15, 0.2) is 0 Å². The first kappa shape index (κ1) is 10.6. The zero-order valence-corrected chi connectivity index (χ0v) is 9.65. The second-order valence-electron chi connectivity index (χ2n) is 2.64. The van der Waals surface area contributed by atoms with Crippen LogP contribution in [0.1, 0.15) is 39.5 Å². The number of unbranched alkanes of at least 4 members (excludes halogenated alkanes) is 2. The molecule has 0 aliphatic rings. The summed E-state index contributed by atoms with van der Waals surface area (Å²) in [6, 6.07) is 0. The zero-order chi connectivity index (χ0) is 7.82. The Labute approximate surface area is 71.6 Å². The first-order chi connectivity index (χ1) is 4.81. The fraction of sp³-hybridized carbons (Fsp3) is 1.00. The van der Waals surface area contributed by atoms with Gasteiger partial charge in [0.15, 0.2) is 0 Å². The van der Waals surface area contributed by atoms with Gasteiger partial charge in [-0.15, -0.1) is 0 Å². The van der Waals surface area contributed by atoms with Gasteiger partial charge in [-0.3, -0.25) is 0 Å². The van der Waals surface area contributed by atoms with Gasteiger partial charge in [0.1, 0.15) is 0 Å². The summed E-state index contributed by atoms with van der Waals surface area (Å²) < 4.78 is 13.4.